The first-order chi connectivity index (χ1) is 7.34. The Labute approximate surface area is 87.5 Å². The molecule has 3 rings (SSSR count). The van der Waals surface area contributed by atoms with Gasteiger partial charge in [-0.25, -0.2) is 0 Å². The number of aromatic nitrogens is 1. The number of rotatable bonds is 0. The molecule has 0 aromatic carbocycles. The monoisotopic (exact) mass is 198 g/mol. The van der Waals surface area contributed by atoms with Crippen molar-refractivity contribution in [2.75, 3.05) is 0 Å². The Kier molecular flexibility index (Phi) is 1.65. The van der Waals surface area contributed by atoms with Crippen LogP contribution < -0.4 is 0 Å². The zero-order valence-corrected chi connectivity index (χ0v) is 8.13. The van der Waals surface area contributed by atoms with Crippen molar-refractivity contribution in [2.45, 2.75) is 6.42 Å². The Balaban J connectivity index is 2.24. The van der Waals surface area contributed by atoms with E-state index in [1.807, 2.05) is 41.2 Å². The number of hydroxylamine groups is 1. The molecule has 2 heterocycles. The second kappa shape index (κ2) is 2.98. The average Bonchev–Trinajstić information content (AvgIpc) is 2.61. The van der Waals surface area contributed by atoms with Crippen LogP contribution in [-0.4, -0.2) is 15.5 Å². The summed E-state index contributed by atoms with van der Waals surface area (Å²) in [6.07, 6.45) is 12.2. The van der Waals surface area contributed by atoms with E-state index < -0.39 is 0 Å². The molecule has 0 radical (unpaired) electrons. The van der Waals surface area contributed by atoms with Crippen LogP contribution in [0.4, 0.5) is 0 Å². The molecule has 0 fully saturated rings. The predicted octanol–water partition coefficient (Wildman–Crippen LogP) is 2.12. The smallest absolute Gasteiger partial charge is 0.221 e. The summed E-state index contributed by atoms with van der Waals surface area (Å²) < 4.78 is 2.91. The highest BCUT2D eigenvalue weighted by atomic mass is 16.5. The first-order valence-electron chi connectivity index (χ1n) is 4.90. The van der Waals surface area contributed by atoms with Crippen LogP contribution in [0.25, 0.3) is 6.20 Å². The topological polar surface area (TPSA) is 31.0 Å². The molecule has 1 aromatic rings. The molecular weight excluding hydrogens is 188 g/mol. The predicted molar refractivity (Wildman–Crippen MR) is 59.3 cm³/mol. The van der Waals surface area contributed by atoms with Gasteiger partial charge in [-0.3, -0.25) is 0 Å². The van der Waals surface area contributed by atoms with Crippen molar-refractivity contribution in [1.29, 1.82) is 0 Å². The molecule has 0 bridgehead atoms. The Bertz CT molecular complexity index is 530. The molecular formula is C12H10N2O. The lowest BCUT2D eigenvalue weighted by atomic mass is 10.1. The third-order valence-electron chi connectivity index (χ3n) is 2.65. The summed E-state index contributed by atoms with van der Waals surface area (Å²) in [6, 6.07) is 3.86. The van der Waals surface area contributed by atoms with Crippen LogP contribution in [0.1, 0.15) is 12.1 Å². The molecule has 15 heavy (non-hydrogen) atoms. The second-order valence-corrected chi connectivity index (χ2v) is 3.63. The minimum Gasteiger partial charge on any atom is -0.618 e. The van der Waals surface area contributed by atoms with Crippen LogP contribution in [0.3, 0.4) is 0 Å². The van der Waals surface area contributed by atoms with Crippen LogP contribution in [0.5, 0.6) is 0 Å². The van der Waals surface area contributed by atoms with Gasteiger partial charge in [0.25, 0.3) is 0 Å². The van der Waals surface area contributed by atoms with Crippen molar-refractivity contribution in [3.05, 3.63) is 58.7 Å². The Morgan fingerprint density at radius 1 is 1.40 bits per heavy atom. The molecule has 1 aromatic heterocycles. The van der Waals surface area contributed by atoms with Gasteiger partial charge in [0.05, 0.1) is 0 Å². The third-order valence-corrected chi connectivity index (χ3v) is 2.65. The summed E-state index contributed by atoms with van der Waals surface area (Å²) in [5, 5.41) is 11.8. The van der Waals surface area contributed by atoms with Gasteiger partial charge < -0.3 is 9.77 Å². The van der Waals surface area contributed by atoms with Crippen LogP contribution in [0, 0.1) is 5.21 Å². The van der Waals surface area contributed by atoms with Gasteiger partial charge in [0, 0.05) is 24.0 Å². The van der Waals surface area contributed by atoms with E-state index in [4.69, 9.17) is 0 Å². The summed E-state index contributed by atoms with van der Waals surface area (Å²) >= 11 is 0. The number of fused-ring (bicyclic) bond motifs is 2. The van der Waals surface area contributed by atoms with E-state index in [-0.39, 0.29) is 0 Å². The number of allylic oxidation sites excluding steroid dienone is 4. The first-order valence-corrected chi connectivity index (χ1v) is 4.90. The summed E-state index contributed by atoms with van der Waals surface area (Å²) in [5.41, 5.74) is 2.70. The maximum atomic E-state index is 11.8. The highest BCUT2D eigenvalue weighted by Gasteiger charge is 2.18. The summed E-state index contributed by atoms with van der Waals surface area (Å²) in [7, 11) is 0. The van der Waals surface area contributed by atoms with Gasteiger partial charge in [0.1, 0.15) is 5.69 Å². The fourth-order valence-electron chi connectivity index (χ4n) is 1.89. The molecule has 0 spiro atoms. The van der Waals surface area contributed by atoms with Crippen LogP contribution in [0.15, 0.2) is 47.8 Å². The Morgan fingerprint density at radius 3 is 3.27 bits per heavy atom. The fourth-order valence-corrected chi connectivity index (χ4v) is 1.89. The maximum Gasteiger partial charge on any atom is 0.221 e. The molecule has 0 atom stereocenters. The van der Waals surface area contributed by atoms with Gasteiger partial charge in [0.2, 0.25) is 11.9 Å². The standard InChI is InChI=1S/C12H10N2O/c15-14-9-11-5-3-7-13(11)8-10-4-1-2-6-12(10)14/h1-3,5-9H,4H2. The SMILES string of the molecule is [O-][N+]1=Cc2cccn2C=C2CC=CC=C21. The normalized spacial score (nSPS) is 18.3. The quantitative estimate of drug-likeness (QED) is 0.464. The van der Waals surface area contributed by atoms with Crippen LogP contribution >= 0.6 is 0 Å². The molecule has 74 valence electrons. The molecule has 2 aliphatic rings. The van der Waals surface area contributed by atoms with E-state index in [0.29, 0.717) is 0 Å². The van der Waals surface area contributed by atoms with E-state index in [1.54, 1.807) is 6.21 Å². The lowest BCUT2D eigenvalue weighted by molar-refractivity contribution is -0.391. The van der Waals surface area contributed by atoms with Crippen molar-refractivity contribution >= 4 is 12.4 Å². The van der Waals surface area contributed by atoms with E-state index >= 15 is 0 Å². The van der Waals surface area contributed by atoms with Gasteiger partial charge in [-0.1, -0.05) is 12.2 Å². The van der Waals surface area contributed by atoms with Gasteiger partial charge in [0.15, 0.2) is 0 Å². The molecule has 0 saturated heterocycles. The summed E-state index contributed by atoms with van der Waals surface area (Å²) in [4.78, 5) is 0. The summed E-state index contributed by atoms with van der Waals surface area (Å²) in [6.45, 7) is 0. The maximum absolute atomic E-state index is 11.8. The molecule has 0 amide bonds. The highest BCUT2D eigenvalue weighted by molar-refractivity contribution is 5.77. The summed E-state index contributed by atoms with van der Waals surface area (Å²) in [5.74, 6) is 0. The molecule has 0 unspecified atom stereocenters. The van der Waals surface area contributed by atoms with E-state index in [9.17, 15) is 5.21 Å². The molecule has 3 nitrogen and oxygen atoms in total. The zero-order valence-electron chi connectivity index (χ0n) is 8.13. The van der Waals surface area contributed by atoms with Gasteiger partial charge in [-0.05, 0) is 18.6 Å². The van der Waals surface area contributed by atoms with Crippen molar-refractivity contribution in [1.82, 2.24) is 4.57 Å². The van der Waals surface area contributed by atoms with Crippen molar-refractivity contribution < 1.29 is 4.74 Å². The van der Waals surface area contributed by atoms with Crippen molar-refractivity contribution in [3.8, 4) is 0 Å². The van der Waals surface area contributed by atoms with Crippen molar-refractivity contribution in [2.24, 2.45) is 0 Å². The Morgan fingerprint density at radius 2 is 2.33 bits per heavy atom. The fraction of sp³-hybridized carbons (Fsp3) is 0.0833. The number of hydrogen-bond donors (Lipinski definition) is 0. The highest BCUT2D eigenvalue weighted by Crippen LogP contribution is 2.23. The zero-order chi connectivity index (χ0) is 10.3. The molecule has 3 heteroatoms. The minimum absolute atomic E-state index is 0.737. The third kappa shape index (κ3) is 1.24. The number of hydrogen-bond acceptors (Lipinski definition) is 1. The van der Waals surface area contributed by atoms with E-state index in [1.165, 1.54) is 0 Å². The van der Waals surface area contributed by atoms with Crippen LogP contribution in [0.2, 0.25) is 0 Å². The van der Waals surface area contributed by atoms with Crippen LogP contribution in [-0.2, 0) is 0 Å². The lowest BCUT2D eigenvalue weighted by Gasteiger charge is -2.09. The Hall–Kier alpha value is -2.03. The lowest BCUT2D eigenvalue weighted by Crippen LogP contribution is -2.07. The van der Waals surface area contributed by atoms with E-state index in [2.05, 4.69) is 6.08 Å². The molecule has 0 saturated carbocycles. The van der Waals surface area contributed by atoms with E-state index in [0.717, 1.165) is 28.1 Å². The molecule has 1 aliphatic carbocycles. The second-order valence-electron chi connectivity index (χ2n) is 3.63. The molecule has 0 N–H and O–H groups in total. The molecule has 1 aliphatic heterocycles. The largest absolute Gasteiger partial charge is 0.618 e. The minimum atomic E-state index is 0.737. The van der Waals surface area contributed by atoms with Gasteiger partial charge in [-0.15, -0.1) is 0 Å². The first kappa shape index (κ1) is 8.29. The average molecular weight is 198 g/mol. The van der Waals surface area contributed by atoms with Crippen molar-refractivity contribution in [3.63, 3.8) is 0 Å². The van der Waals surface area contributed by atoms with Gasteiger partial charge in [-0.2, -0.15) is 4.74 Å². The van der Waals surface area contributed by atoms with Gasteiger partial charge >= 0.3 is 0 Å². The number of nitrogens with zero attached hydrogens (tertiary/aromatic N) is 2.